The van der Waals surface area contributed by atoms with Crippen LogP contribution in [0.2, 0.25) is 0 Å². The molecule has 0 N–H and O–H groups in total. The second kappa shape index (κ2) is 10.2. The van der Waals surface area contributed by atoms with Gasteiger partial charge < -0.3 is 13.7 Å². The summed E-state index contributed by atoms with van der Waals surface area (Å²) in [5.41, 5.74) is 3.54. The first-order valence-electron chi connectivity index (χ1n) is 11.1. The van der Waals surface area contributed by atoms with Gasteiger partial charge in [0.05, 0.1) is 23.9 Å². The molecule has 0 amide bonds. The molecular weight excluding hydrogens is 384 g/mol. The molecule has 0 saturated heterocycles. The summed E-state index contributed by atoms with van der Waals surface area (Å²) < 4.78 is 13.6. The lowest BCUT2D eigenvalue weighted by Crippen LogP contribution is -2.04. The van der Waals surface area contributed by atoms with E-state index in [1.807, 2.05) is 30.4 Å². The van der Waals surface area contributed by atoms with Crippen molar-refractivity contribution in [3.05, 3.63) is 84.1 Å². The number of hydrogen-bond acceptors (Lipinski definition) is 3. The van der Waals surface area contributed by atoms with E-state index < -0.39 is 0 Å². The lowest BCUT2D eigenvalue weighted by atomic mass is 9.99. The van der Waals surface area contributed by atoms with Crippen LogP contribution in [0.25, 0.3) is 23.2 Å². The Morgan fingerprint density at radius 3 is 2.61 bits per heavy atom. The highest BCUT2D eigenvalue weighted by Gasteiger charge is 2.08. The van der Waals surface area contributed by atoms with E-state index in [1.54, 1.807) is 6.26 Å². The van der Waals surface area contributed by atoms with Gasteiger partial charge >= 0.3 is 0 Å². The Bertz CT molecular complexity index is 1110. The molecule has 4 nitrogen and oxygen atoms in total. The van der Waals surface area contributed by atoms with E-state index in [0.717, 1.165) is 54.2 Å². The molecule has 4 rings (SSSR count). The Hall–Kier alpha value is -3.27. The maximum Gasteiger partial charge on any atom is 0.133 e. The van der Waals surface area contributed by atoms with Crippen LogP contribution in [0.1, 0.15) is 56.2 Å². The quantitative estimate of drug-likeness (QED) is 0.258. The minimum Gasteiger partial charge on any atom is -0.494 e. The summed E-state index contributed by atoms with van der Waals surface area (Å²) in [5, 5.41) is 0. The molecule has 0 aliphatic carbocycles. The number of hydrogen-bond donors (Lipinski definition) is 0. The SMILES string of the molecule is CCC(C)c1ccc(OCCCCn2c(/C=C/c3ccco3)nc3ccccc32)cc1. The molecule has 160 valence electrons. The maximum atomic E-state index is 5.96. The van der Waals surface area contributed by atoms with Crippen molar-refractivity contribution in [1.82, 2.24) is 9.55 Å². The summed E-state index contributed by atoms with van der Waals surface area (Å²) in [6.45, 7) is 6.09. The summed E-state index contributed by atoms with van der Waals surface area (Å²) in [6, 6.07) is 20.6. The number of imidazole rings is 1. The Kier molecular flexibility index (Phi) is 6.88. The van der Waals surface area contributed by atoms with Gasteiger partial charge in [0, 0.05) is 6.54 Å². The first kappa shape index (κ1) is 21.0. The third kappa shape index (κ3) is 5.26. The summed E-state index contributed by atoms with van der Waals surface area (Å²) in [4.78, 5) is 4.79. The smallest absolute Gasteiger partial charge is 0.133 e. The highest BCUT2D eigenvalue weighted by atomic mass is 16.5. The van der Waals surface area contributed by atoms with Crippen molar-refractivity contribution >= 4 is 23.2 Å². The minimum absolute atomic E-state index is 0.593. The molecule has 0 aliphatic rings. The average molecular weight is 415 g/mol. The largest absolute Gasteiger partial charge is 0.494 e. The molecule has 0 fully saturated rings. The molecule has 2 aromatic carbocycles. The van der Waals surface area contributed by atoms with Crippen LogP contribution in [0.5, 0.6) is 5.75 Å². The van der Waals surface area contributed by atoms with E-state index in [1.165, 1.54) is 5.56 Å². The van der Waals surface area contributed by atoms with E-state index >= 15 is 0 Å². The van der Waals surface area contributed by atoms with Crippen LogP contribution in [-0.4, -0.2) is 16.2 Å². The Morgan fingerprint density at radius 1 is 1.00 bits per heavy atom. The Labute approximate surface area is 184 Å². The third-order valence-electron chi connectivity index (χ3n) is 5.73. The van der Waals surface area contributed by atoms with E-state index in [4.69, 9.17) is 14.1 Å². The maximum absolute atomic E-state index is 5.96. The van der Waals surface area contributed by atoms with Crippen LogP contribution in [0.4, 0.5) is 0 Å². The van der Waals surface area contributed by atoms with Gasteiger partial charge in [-0.15, -0.1) is 0 Å². The lowest BCUT2D eigenvalue weighted by Gasteiger charge is -2.11. The predicted molar refractivity (Wildman–Crippen MR) is 127 cm³/mol. The number of aryl methyl sites for hydroxylation is 1. The molecule has 0 saturated carbocycles. The average Bonchev–Trinajstić information content (AvgIpc) is 3.45. The third-order valence-corrected chi connectivity index (χ3v) is 5.73. The summed E-state index contributed by atoms with van der Waals surface area (Å²) in [6.07, 6.45) is 8.83. The highest BCUT2D eigenvalue weighted by molar-refractivity contribution is 5.79. The van der Waals surface area contributed by atoms with E-state index in [-0.39, 0.29) is 0 Å². The van der Waals surface area contributed by atoms with Gasteiger partial charge in [0.1, 0.15) is 17.3 Å². The Balaban J connectivity index is 1.35. The van der Waals surface area contributed by atoms with Crippen LogP contribution >= 0.6 is 0 Å². The summed E-state index contributed by atoms with van der Waals surface area (Å²) in [7, 11) is 0. The summed E-state index contributed by atoms with van der Waals surface area (Å²) >= 11 is 0. The van der Waals surface area contributed by atoms with Crippen molar-refractivity contribution in [2.75, 3.05) is 6.61 Å². The molecule has 4 heteroatoms. The van der Waals surface area contributed by atoms with Gasteiger partial charge in [-0.2, -0.15) is 0 Å². The predicted octanol–water partition coefficient (Wildman–Crippen LogP) is 7.17. The monoisotopic (exact) mass is 414 g/mol. The van der Waals surface area contributed by atoms with E-state index in [0.29, 0.717) is 12.5 Å². The van der Waals surface area contributed by atoms with Crippen LogP contribution in [0.15, 0.2) is 71.3 Å². The standard InChI is InChI=1S/C27H30N2O2/c1-3-21(2)22-12-14-24(15-13-22)30-19-7-6-18-29-26-11-5-4-10-25(26)28-27(29)17-16-23-9-8-20-31-23/h4-5,8-17,20-21H,3,6-7,18-19H2,1-2H3/b17-16+. The van der Waals surface area contributed by atoms with Crippen LogP contribution < -0.4 is 4.74 Å². The fourth-order valence-electron chi connectivity index (χ4n) is 3.69. The fourth-order valence-corrected chi connectivity index (χ4v) is 3.69. The zero-order valence-corrected chi connectivity index (χ0v) is 18.3. The first-order valence-corrected chi connectivity index (χ1v) is 11.1. The molecule has 0 radical (unpaired) electrons. The van der Waals surface area contributed by atoms with Gasteiger partial charge in [-0.3, -0.25) is 0 Å². The molecule has 2 aromatic heterocycles. The highest BCUT2D eigenvalue weighted by Crippen LogP contribution is 2.22. The minimum atomic E-state index is 0.593. The van der Waals surface area contributed by atoms with Crippen molar-refractivity contribution in [2.45, 2.75) is 45.6 Å². The molecule has 0 bridgehead atoms. The number of fused-ring (bicyclic) bond motifs is 1. The van der Waals surface area contributed by atoms with Crippen molar-refractivity contribution in [3.63, 3.8) is 0 Å². The van der Waals surface area contributed by atoms with Crippen LogP contribution in [0.3, 0.4) is 0 Å². The molecule has 1 atom stereocenters. The molecule has 2 heterocycles. The van der Waals surface area contributed by atoms with Crippen molar-refractivity contribution in [1.29, 1.82) is 0 Å². The van der Waals surface area contributed by atoms with Gasteiger partial charge in [0.2, 0.25) is 0 Å². The fraction of sp³-hybridized carbons (Fsp3) is 0.296. The van der Waals surface area contributed by atoms with Crippen molar-refractivity contribution < 1.29 is 9.15 Å². The number of furan rings is 1. The van der Waals surface area contributed by atoms with Crippen molar-refractivity contribution in [3.8, 4) is 5.75 Å². The molecule has 1 unspecified atom stereocenters. The molecule has 0 aliphatic heterocycles. The number of ether oxygens (including phenoxy) is 1. The van der Waals surface area contributed by atoms with E-state index in [9.17, 15) is 0 Å². The normalized spacial score (nSPS) is 12.6. The molecule has 31 heavy (non-hydrogen) atoms. The summed E-state index contributed by atoms with van der Waals surface area (Å²) in [5.74, 6) is 3.31. The Morgan fingerprint density at radius 2 is 1.84 bits per heavy atom. The lowest BCUT2D eigenvalue weighted by molar-refractivity contribution is 0.303. The zero-order chi connectivity index (χ0) is 21.5. The number of aromatic nitrogens is 2. The number of nitrogens with zero attached hydrogens (tertiary/aromatic N) is 2. The van der Waals surface area contributed by atoms with Gasteiger partial charge in [-0.05, 0) is 79.3 Å². The van der Waals surface area contributed by atoms with Crippen molar-refractivity contribution in [2.24, 2.45) is 0 Å². The second-order valence-corrected chi connectivity index (χ2v) is 7.89. The van der Waals surface area contributed by atoms with Crippen LogP contribution in [0, 0.1) is 0 Å². The number of unbranched alkanes of at least 4 members (excludes halogenated alkanes) is 1. The second-order valence-electron chi connectivity index (χ2n) is 7.89. The molecular formula is C27H30N2O2. The van der Waals surface area contributed by atoms with Crippen LogP contribution in [-0.2, 0) is 6.54 Å². The zero-order valence-electron chi connectivity index (χ0n) is 18.3. The first-order chi connectivity index (χ1) is 15.2. The van der Waals surface area contributed by atoms with Gasteiger partial charge in [-0.1, -0.05) is 38.1 Å². The van der Waals surface area contributed by atoms with Gasteiger partial charge in [0.25, 0.3) is 0 Å². The van der Waals surface area contributed by atoms with Gasteiger partial charge in [0.15, 0.2) is 0 Å². The molecule has 4 aromatic rings. The molecule has 0 spiro atoms. The topological polar surface area (TPSA) is 40.2 Å². The number of para-hydroxylation sites is 2. The van der Waals surface area contributed by atoms with Gasteiger partial charge in [-0.25, -0.2) is 4.98 Å². The number of rotatable bonds is 10. The van der Waals surface area contributed by atoms with E-state index in [2.05, 4.69) is 60.9 Å². The number of benzene rings is 2.